The Labute approximate surface area is 103 Å². The number of hydrogen-bond acceptors (Lipinski definition) is 2. The summed E-state index contributed by atoms with van der Waals surface area (Å²) in [6.45, 7) is 8.19. The van der Waals surface area contributed by atoms with Crippen LogP contribution in [0, 0.1) is 0 Å². The Bertz CT molecular complexity index is 368. The molecular formula is C15H20O2. The van der Waals surface area contributed by atoms with Crippen molar-refractivity contribution in [3.8, 4) is 0 Å². The fourth-order valence-corrected chi connectivity index (χ4v) is 1.64. The average molecular weight is 232 g/mol. The highest BCUT2D eigenvalue weighted by Gasteiger charge is 2.19. The van der Waals surface area contributed by atoms with Crippen molar-refractivity contribution in [2.45, 2.75) is 32.8 Å². The van der Waals surface area contributed by atoms with Crippen molar-refractivity contribution in [2.24, 2.45) is 0 Å². The van der Waals surface area contributed by atoms with E-state index in [1.54, 1.807) is 0 Å². The molecule has 0 fully saturated rings. The third-order valence-corrected chi connectivity index (χ3v) is 2.53. The molecule has 2 nitrogen and oxygen atoms in total. The Morgan fingerprint density at radius 3 is 2.47 bits per heavy atom. The van der Waals surface area contributed by atoms with Crippen LogP contribution in [0.5, 0.6) is 0 Å². The number of benzene rings is 1. The van der Waals surface area contributed by atoms with Crippen LogP contribution in [0.1, 0.15) is 38.4 Å². The minimum Gasteiger partial charge on any atom is -0.366 e. The molecule has 1 atom stereocenters. The first-order valence-corrected chi connectivity index (χ1v) is 5.98. The Balaban J connectivity index is 2.72. The normalized spacial score (nSPS) is 12.1. The van der Waals surface area contributed by atoms with Gasteiger partial charge < -0.3 is 4.74 Å². The van der Waals surface area contributed by atoms with Gasteiger partial charge in [0, 0.05) is 13.0 Å². The Kier molecular flexibility index (Phi) is 5.64. The summed E-state index contributed by atoms with van der Waals surface area (Å²) in [5.41, 5.74) is 1.96. The van der Waals surface area contributed by atoms with Gasteiger partial charge in [-0.05, 0) is 25.8 Å². The zero-order valence-electron chi connectivity index (χ0n) is 10.6. The van der Waals surface area contributed by atoms with Gasteiger partial charge in [0.1, 0.15) is 6.10 Å². The fraction of sp³-hybridized carbons (Fsp3) is 0.400. The monoisotopic (exact) mass is 232 g/mol. The second kappa shape index (κ2) is 7.02. The Morgan fingerprint density at radius 2 is 1.94 bits per heavy atom. The zero-order chi connectivity index (χ0) is 12.7. The van der Waals surface area contributed by atoms with E-state index in [4.69, 9.17) is 4.74 Å². The molecule has 0 spiro atoms. The minimum absolute atomic E-state index is 0.126. The van der Waals surface area contributed by atoms with Gasteiger partial charge >= 0.3 is 0 Å². The van der Waals surface area contributed by atoms with Crippen LogP contribution in [0.2, 0.25) is 0 Å². The third kappa shape index (κ3) is 4.53. The number of Topliss-reactive ketones (excluding diaryl/α,β-unsaturated/α-hetero) is 1. The van der Waals surface area contributed by atoms with E-state index in [1.165, 1.54) is 0 Å². The number of rotatable bonds is 7. The molecule has 0 N–H and O–H groups in total. The summed E-state index contributed by atoms with van der Waals surface area (Å²) in [6, 6.07) is 9.64. The Morgan fingerprint density at radius 1 is 1.29 bits per heavy atom. The molecule has 17 heavy (non-hydrogen) atoms. The summed E-state index contributed by atoms with van der Waals surface area (Å²) in [7, 11) is 0. The number of hydrogen-bond donors (Lipinski definition) is 0. The SMILES string of the molecule is C=C(C)CCC(=O)C(OCC)c1ccccc1. The van der Waals surface area contributed by atoms with Crippen molar-refractivity contribution in [3.63, 3.8) is 0 Å². The quantitative estimate of drug-likeness (QED) is 0.670. The van der Waals surface area contributed by atoms with E-state index in [-0.39, 0.29) is 5.78 Å². The smallest absolute Gasteiger partial charge is 0.166 e. The van der Waals surface area contributed by atoms with E-state index in [9.17, 15) is 4.79 Å². The number of carbonyl (C=O) groups is 1. The van der Waals surface area contributed by atoms with E-state index in [0.29, 0.717) is 13.0 Å². The van der Waals surface area contributed by atoms with Crippen LogP contribution in [-0.4, -0.2) is 12.4 Å². The molecule has 0 aromatic heterocycles. The summed E-state index contributed by atoms with van der Waals surface area (Å²) in [6.07, 6.45) is 0.796. The second-order valence-corrected chi connectivity index (χ2v) is 4.17. The third-order valence-electron chi connectivity index (χ3n) is 2.53. The summed E-state index contributed by atoms with van der Waals surface area (Å²) < 4.78 is 5.54. The number of ether oxygens (including phenoxy) is 1. The summed E-state index contributed by atoms with van der Waals surface area (Å²) >= 11 is 0. The first-order valence-electron chi connectivity index (χ1n) is 5.98. The highest BCUT2D eigenvalue weighted by Crippen LogP contribution is 2.21. The van der Waals surface area contributed by atoms with Crippen molar-refractivity contribution in [3.05, 3.63) is 48.0 Å². The molecule has 92 valence electrons. The number of carbonyl (C=O) groups excluding carboxylic acids is 1. The van der Waals surface area contributed by atoms with Crippen LogP contribution in [0.15, 0.2) is 42.5 Å². The maximum Gasteiger partial charge on any atom is 0.166 e. The lowest BCUT2D eigenvalue weighted by molar-refractivity contribution is -0.130. The molecule has 0 aliphatic rings. The molecule has 0 saturated carbocycles. The van der Waals surface area contributed by atoms with E-state index < -0.39 is 6.10 Å². The number of ketones is 1. The summed E-state index contributed by atoms with van der Waals surface area (Å²) in [5, 5.41) is 0. The van der Waals surface area contributed by atoms with E-state index in [1.807, 2.05) is 44.2 Å². The predicted octanol–water partition coefficient (Wildman–Crippen LogP) is 3.69. The van der Waals surface area contributed by atoms with Gasteiger partial charge in [-0.25, -0.2) is 0 Å². The molecule has 0 radical (unpaired) electrons. The molecule has 1 rings (SSSR count). The zero-order valence-corrected chi connectivity index (χ0v) is 10.6. The molecule has 0 saturated heterocycles. The van der Waals surface area contributed by atoms with Crippen LogP contribution >= 0.6 is 0 Å². The lowest BCUT2D eigenvalue weighted by atomic mass is 10.0. The summed E-state index contributed by atoms with van der Waals surface area (Å²) in [4.78, 5) is 12.1. The van der Waals surface area contributed by atoms with Crippen LogP contribution in [-0.2, 0) is 9.53 Å². The minimum atomic E-state index is -0.430. The van der Waals surface area contributed by atoms with Gasteiger partial charge in [0.25, 0.3) is 0 Å². The predicted molar refractivity (Wildman–Crippen MR) is 69.9 cm³/mol. The lowest BCUT2D eigenvalue weighted by Crippen LogP contribution is -2.16. The van der Waals surface area contributed by atoms with E-state index in [0.717, 1.165) is 17.6 Å². The van der Waals surface area contributed by atoms with Gasteiger partial charge in [0.15, 0.2) is 5.78 Å². The lowest BCUT2D eigenvalue weighted by Gasteiger charge is -2.16. The van der Waals surface area contributed by atoms with Crippen molar-refractivity contribution < 1.29 is 9.53 Å². The largest absolute Gasteiger partial charge is 0.366 e. The van der Waals surface area contributed by atoms with Gasteiger partial charge in [-0.1, -0.05) is 35.9 Å². The summed E-state index contributed by atoms with van der Waals surface area (Å²) in [5.74, 6) is 0.126. The van der Waals surface area contributed by atoms with Crippen LogP contribution < -0.4 is 0 Å². The molecule has 0 aliphatic carbocycles. The van der Waals surface area contributed by atoms with Crippen molar-refractivity contribution in [1.29, 1.82) is 0 Å². The molecule has 0 heterocycles. The average Bonchev–Trinajstić information content (AvgIpc) is 2.34. The molecule has 0 aliphatic heterocycles. The molecule has 0 bridgehead atoms. The van der Waals surface area contributed by atoms with Crippen LogP contribution in [0.4, 0.5) is 0 Å². The topological polar surface area (TPSA) is 26.3 Å². The van der Waals surface area contributed by atoms with E-state index in [2.05, 4.69) is 6.58 Å². The van der Waals surface area contributed by atoms with Crippen molar-refractivity contribution in [2.75, 3.05) is 6.61 Å². The highest BCUT2D eigenvalue weighted by molar-refractivity contribution is 5.84. The van der Waals surface area contributed by atoms with Gasteiger partial charge in [-0.15, -0.1) is 6.58 Å². The van der Waals surface area contributed by atoms with Crippen molar-refractivity contribution in [1.82, 2.24) is 0 Å². The van der Waals surface area contributed by atoms with Gasteiger partial charge in [0.05, 0.1) is 0 Å². The van der Waals surface area contributed by atoms with Crippen LogP contribution in [0.3, 0.4) is 0 Å². The molecule has 0 amide bonds. The number of allylic oxidation sites excluding steroid dienone is 1. The van der Waals surface area contributed by atoms with E-state index >= 15 is 0 Å². The molecule has 2 heteroatoms. The Hall–Kier alpha value is -1.41. The first kappa shape index (κ1) is 13.7. The standard InChI is InChI=1S/C15H20O2/c1-4-17-15(13-8-6-5-7-9-13)14(16)11-10-12(2)3/h5-9,15H,2,4,10-11H2,1,3H3. The highest BCUT2D eigenvalue weighted by atomic mass is 16.5. The molecule has 1 aromatic rings. The van der Waals surface area contributed by atoms with Gasteiger partial charge in [-0.3, -0.25) is 4.79 Å². The molecule has 1 unspecified atom stereocenters. The van der Waals surface area contributed by atoms with Crippen molar-refractivity contribution >= 4 is 5.78 Å². The maximum absolute atomic E-state index is 12.1. The first-order chi connectivity index (χ1) is 8.15. The molecular weight excluding hydrogens is 212 g/mol. The van der Waals surface area contributed by atoms with Gasteiger partial charge in [-0.2, -0.15) is 0 Å². The maximum atomic E-state index is 12.1. The molecule has 1 aromatic carbocycles. The second-order valence-electron chi connectivity index (χ2n) is 4.17. The van der Waals surface area contributed by atoms with Gasteiger partial charge in [0.2, 0.25) is 0 Å². The fourth-order valence-electron chi connectivity index (χ4n) is 1.64. The van der Waals surface area contributed by atoms with Crippen LogP contribution in [0.25, 0.3) is 0 Å².